The average molecular weight is 634 g/mol. The van der Waals surface area contributed by atoms with Crippen molar-refractivity contribution in [1.29, 1.82) is 0 Å². The summed E-state index contributed by atoms with van der Waals surface area (Å²) in [5, 5.41) is 2.73. The van der Waals surface area contributed by atoms with Crippen LogP contribution in [-0.4, -0.2) is 18.6 Å². The smallest absolute Gasteiger partial charge is 0.409 e. The standard InChI is InChI=1S/C36H57ClNO4P/c1-2-3-4-5-6-7-8-9-10-11-12-13-14-15-16-17-18-19-26-31-41-36(39)35(32-33-27-22-20-23-28-33)38-43(37,40)42-34-29-24-21-25-30-34/h20-25,27-30,35H,2-19,26,31-32H2,1H3,(H,38,40)/t35-,43?/m0/s1. The van der Waals surface area contributed by atoms with E-state index in [4.69, 9.17) is 20.5 Å². The number of carbonyl (C=O) groups excluding carboxylic acids is 1. The fraction of sp³-hybridized carbons (Fsp3) is 0.639. The first-order valence-corrected chi connectivity index (χ1v) is 19.6. The maximum absolute atomic E-state index is 13.0. The summed E-state index contributed by atoms with van der Waals surface area (Å²) in [6.45, 7) is -1.20. The van der Waals surface area contributed by atoms with E-state index in [9.17, 15) is 9.36 Å². The number of hydrogen-bond donors (Lipinski definition) is 1. The molecular formula is C36H57ClNO4P. The van der Waals surface area contributed by atoms with Crippen molar-refractivity contribution in [3.8, 4) is 5.75 Å². The van der Waals surface area contributed by atoms with Crippen molar-refractivity contribution in [1.82, 2.24) is 5.09 Å². The summed E-state index contributed by atoms with van der Waals surface area (Å²) in [4.78, 5) is 12.9. The van der Waals surface area contributed by atoms with E-state index in [0.717, 1.165) is 24.8 Å². The van der Waals surface area contributed by atoms with Gasteiger partial charge in [-0.25, -0.2) is 9.65 Å². The van der Waals surface area contributed by atoms with E-state index in [1.807, 2.05) is 36.4 Å². The molecule has 0 spiro atoms. The van der Waals surface area contributed by atoms with E-state index < -0.39 is 18.9 Å². The SMILES string of the molecule is CCCCCCCCCCCCCCCCCCCCCOC(=O)[C@H](Cc1ccccc1)NP(=O)(Cl)Oc1ccccc1. The molecule has 0 saturated carbocycles. The van der Waals surface area contributed by atoms with Crippen LogP contribution in [0.4, 0.5) is 0 Å². The van der Waals surface area contributed by atoms with E-state index >= 15 is 0 Å². The summed E-state index contributed by atoms with van der Waals surface area (Å²) < 4.78 is 24.0. The number of rotatable bonds is 27. The van der Waals surface area contributed by atoms with Gasteiger partial charge in [-0.05, 0) is 30.5 Å². The highest BCUT2D eigenvalue weighted by molar-refractivity contribution is 7.84. The normalized spacial score (nSPS) is 13.3. The molecule has 0 aliphatic heterocycles. The van der Waals surface area contributed by atoms with Crippen LogP contribution in [0.15, 0.2) is 60.7 Å². The zero-order valence-electron chi connectivity index (χ0n) is 26.7. The average Bonchev–Trinajstić information content (AvgIpc) is 3.00. The van der Waals surface area contributed by atoms with Gasteiger partial charge in [-0.2, -0.15) is 0 Å². The Morgan fingerprint density at radius 1 is 0.674 bits per heavy atom. The van der Waals surface area contributed by atoms with Crippen LogP contribution in [0.1, 0.15) is 134 Å². The molecule has 1 N–H and O–H groups in total. The maximum Gasteiger partial charge on any atom is 0.409 e. The van der Waals surface area contributed by atoms with Crippen molar-refractivity contribution < 1.29 is 18.6 Å². The minimum absolute atomic E-state index is 0.299. The second-order valence-electron chi connectivity index (χ2n) is 11.8. The van der Waals surface area contributed by atoms with Crippen LogP contribution in [0.3, 0.4) is 0 Å². The van der Waals surface area contributed by atoms with Gasteiger partial charge in [0.25, 0.3) is 0 Å². The number of unbranched alkanes of at least 4 members (excludes halogenated alkanes) is 18. The summed E-state index contributed by atoms with van der Waals surface area (Å²) in [5.74, 6) is -0.0990. The largest absolute Gasteiger partial charge is 0.465 e. The van der Waals surface area contributed by atoms with Gasteiger partial charge in [0.15, 0.2) is 0 Å². The Balaban J connectivity index is 1.51. The Kier molecular flexibility index (Phi) is 21.3. The predicted octanol–water partition coefficient (Wildman–Crippen LogP) is 11.6. The third-order valence-corrected chi connectivity index (χ3v) is 9.40. The Bertz CT molecular complexity index is 991. The zero-order valence-corrected chi connectivity index (χ0v) is 28.3. The lowest BCUT2D eigenvalue weighted by Gasteiger charge is -2.21. The van der Waals surface area contributed by atoms with Gasteiger partial charge in [0.1, 0.15) is 11.8 Å². The van der Waals surface area contributed by atoms with Crippen molar-refractivity contribution in [2.75, 3.05) is 6.61 Å². The molecule has 0 aliphatic rings. The third kappa shape index (κ3) is 20.0. The Labute approximate surface area is 267 Å². The lowest BCUT2D eigenvalue weighted by atomic mass is 10.0. The van der Waals surface area contributed by atoms with Crippen molar-refractivity contribution in [3.63, 3.8) is 0 Å². The van der Waals surface area contributed by atoms with Crippen LogP contribution >= 0.6 is 18.1 Å². The highest BCUT2D eigenvalue weighted by Gasteiger charge is 2.31. The fourth-order valence-corrected chi connectivity index (χ4v) is 6.92. The third-order valence-electron chi connectivity index (χ3n) is 7.84. The second-order valence-corrected chi connectivity index (χ2v) is 14.5. The molecule has 0 heterocycles. The minimum Gasteiger partial charge on any atom is -0.465 e. The topological polar surface area (TPSA) is 64.6 Å². The Morgan fingerprint density at radius 3 is 1.56 bits per heavy atom. The summed E-state index contributed by atoms with van der Waals surface area (Å²) in [6, 6.07) is 17.4. The van der Waals surface area contributed by atoms with Crippen LogP contribution in [0.25, 0.3) is 0 Å². The van der Waals surface area contributed by atoms with Crippen LogP contribution < -0.4 is 9.61 Å². The summed E-state index contributed by atoms with van der Waals surface area (Å²) in [7, 11) is 0. The molecule has 0 aromatic heterocycles. The van der Waals surface area contributed by atoms with E-state index in [1.165, 1.54) is 103 Å². The molecule has 0 aliphatic carbocycles. The molecule has 2 atom stereocenters. The first-order valence-electron chi connectivity index (χ1n) is 17.0. The van der Waals surface area contributed by atoms with Gasteiger partial charge in [-0.3, -0.25) is 4.79 Å². The van der Waals surface area contributed by atoms with Crippen LogP contribution in [0.2, 0.25) is 0 Å². The Morgan fingerprint density at radius 2 is 1.09 bits per heavy atom. The number of benzene rings is 2. The van der Waals surface area contributed by atoms with Crippen molar-refractivity contribution in [2.45, 2.75) is 141 Å². The quantitative estimate of drug-likeness (QED) is 0.0602. The molecule has 1 unspecified atom stereocenters. The molecule has 0 bridgehead atoms. The number of esters is 1. The first-order chi connectivity index (χ1) is 21.0. The second kappa shape index (κ2) is 24.5. The van der Waals surface area contributed by atoms with Gasteiger partial charge in [0.05, 0.1) is 6.61 Å². The predicted molar refractivity (Wildman–Crippen MR) is 182 cm³/mol. The molecular weight excluding hydrogens is 577 g/mol. The van der Waals surface area contributed by atoms with Crippen molar-refractivity contribution >= 4 is 24.1 Å². The van der Waals surface area contributed by atoms with E-state index in [-0.39, 0.29) is 0 Å². The highest BCUT2D eigenvalue weighted by atomic mass is 35.7. The number of nitrogens with one attached hydrogen (secondary N) is 1. The lowest BCUT2D eigenvalue weighted by molar-refractivity contribution is -0.145. The van der Waals surface area contributed by atoms with Crippen molar-refractivity contribution in [3.05, 3.63) is 66.2 Å². The van der Waals surface area contributed by atoms with Gasteiger partial charge >= 0.3 is 12.8 Å². The van der Waals surface area contributed by atoms with Gasteiger partial charge in [-0.1, -0.05) is 171 Å². The van der Waals surface area contributed by atoms with E-state index in [2.05, 4.69) is 12.0 Å². The molecule has 5 nitrogen and oxygen atoms in total. The number of para-hydroxylation sites is 1. The van der Waals surface area contributed by atoms with Gasteiger partial charge in [0.2, 0.25) is 0 Å². The van der Waals surface area contributed by atoms with Crippen molar-refractivity contribution in [2.24, 2.45) is 0 Å². The number of carbonyl (C=O) groups is 1. The molecule has 242 valence electrons. The summed E-state index contributed by atoms with van der Waals surface area (Å²) in [6.07, 6.45) is 25.4. The monoisotopic (exact) mass is 633 g/mol. The maximum atomic E-state index is 13.0. The molecule has 0 saturated heterocycles. The molecule has 2 aromatic carbocycles. The highest BCUT2D eigenvalue weighted by Crippen LogP contribution is 2.48. The number of ether oxygens (including phenoxy) is 1. The molecule has 0 amide bonds. The fourth-order valence-electron chi connectivity index (χ4n) is 5.31. The number of halogens is 1. The molecule has 2 rings (SSSR count). The minimum atomic E-state index is -3.82. The van der Waals surface area contributed by atoms with Gasteiger partial charge in [-0.15, -0.1) is 0 Å². The molecule has 0 radical (unpaired) electrons. The molecule has 2 aromatic rings. The molecule has 7 heteroatoms. The summed E-state index contributed by atoms with van der Waals surface area (Å²) >= 11 is 6.21. The summed E-state index contributed by atoms with van der Waals surface area (Å²) in [5.41, 5.74) is 0.914. The van der Waals surface area contributed by atoms with Gasteiger partial charge in [0, 0.05) is 11.2 Å². The zero-order chi connectivity index (χ0) is 30.9. The molecule has 43 heavy (non-hydrogen) atoms. The number of hydrogen-bond acceptors (Lipinski definition) is 4. The van der Waals surface area contributed by atoms with Gasteiger partial charge < -0.3 is 9.26 Å². The van der Waals surface area contributed by atoms with Crippen LogP contribution in [-0.2, 0) is 20.5 Å². The van der Waals surface area contributed by atoms with E-state index in [0.29, 0.717) is 18.8 Å². The van der Waals surface area contributed by atoms with Crippen LogP contribution in [0, 0.1) is 0 Å². The lowest BCUT2D eigenvalue weighted by Crippen LogP contribution is -2.38. The van der Waals surface area contributed by atoms with Crippen LogP contribution in [0.5, 0.6) is 5.75 Å². The first kappa shape index (κ1) is 37.4. The molecule has 0 fully saturated rings. The Hall–Kier alpha value is -1.81. The van der Waals surface area contributed by atoms with E-state index in [1.54, 1.807) is 24.3 Å².